The number of halogens is 1. The van der Waals surface area contributed by atoms with Crippen LogP contribution in [0.3, 0.4) is 0 Å². The van der Waals surface area contributed by atoms with Gasteiger partial charge in [-0.1, -0.05) is 12.1 Å². The number of nitriles is 1. The zero-order chi connectivity index (χ0) is 17.4. The number of hydrogen-bond donors (Lipinski definition) is 2. The van der Waals surface area contributed by atoms with E-state index in [-0.39, 0.29) is 11.1 Å². The van der Waals surface area contributed by atoms with Crippen molar-refractivity contribution >= 4 is 20.1 Å². The lowest BCUT2D eigenvalue weighted by atomic mass is 10.0. The molecule has 0 saturated carbocycles. The Morgan fingerprint density at radius 3 is 2.17 bits per heavy atom. The molecule has 0 heterocycles. The third kappa shape index (κ3) is 3.38. The summed E-state index contributed by atoms with van der Waals surface area (Å²) in [6.07, 6.45) is 0. The highest BCUT2D eigenvalue weighted by atomic mass is 32.2. The van der Waals surface area contributed by atoms with E-state index < -0.39 is 41.3 Å². The molecule has 0 aliphatic heterocycles. The first-order chi connectivity index (χ1) is 10.6. The number of benzene rings is 2. The van der Waals surface area contributed by atoms with Gasteiger partial charge in [-0.15, -0.1) is 0 Å². The quantitative estimate of drug-likeness (QED) is 0.794. The summed E-state index contributed by atoms with van der Waals surface area (Å²) in [6.45, 7) is 0. The summed E-state index contributed by atoms with van der Waals surface area (Å²) in [5.74, 6) is -0.976. The Labute approximate surface area is 131 Å². The van der Waals surface area contributed by atoms with E-state index in [9.17, 15) is 25.8 Å². The summed E-state index contributed by atoms with van der Waals surface area (Å²) in [7, 11) is -9.16. The van der Waals surface area contributed by atoms with Crippen LogP contribution in [0.25, 0.3) is 11.1 Å². The van der Waals surface area contributed by atoms with Crippen LogP contribution >= 0.6 is 0 Å². The van der Waals surface area contributed by atoms with Gasteiger partial charge in [-0.25, -0.2) is 17.9 Å². The van der Waals surface area contributed by atoms with Crippen molar-refractivity contribution in [3.63, 3.8) is 0 Å². The summed E-state index contributed by atoms with van der Waals surface area (Å²) in [6, 6.07) is 7.63. The van der Waals surface area contributed by atoms with Crippen LogP contribution in [0.2, 0.25) is 0 Å². The Morgan fingerprint density at radius 2 is 1.70 bits per heavy atom. The second-order valence-corrected chi connectivity index (χ2v) is 7.38. The van der Waals surface area contributed by atoms with E-state index in [1.54, 1.807) is 6.07 Å². The largest absolute Gasteiger partial charge is 0.295 e. The molecule has 2 rings (SSSR count). The van der Waals surface area contributed by atoms with E-state index in [0.717, 1.165) is 36.4 Å². The van der Waals surface area contributed by atoms with Crippen molar-refractivity contribution < 1.29 is 25.8 Å². The lowest BCUT2D eigenvalue weighted by molar-refractivity contribution is 0.483. The van der Waals surface area contributed by atoms with Crippen molar-refractivity contribution in [2.45, 2.75) is 9.79 Å². The van der Waals surface area contributed by atoms with Gasteiger partial charge in [-0.05, 0) is 29.8 Å². The predicted molar refractivity (Wildman–Crippen MR) is 77.7 cm³/mol. The molecule has 120 valence electrons. The molecule has 23 heavy (non-hydrogen) atoms. The normalized spacial score (nSPS) is 11.9. The molecule has 0 fully saturated rings. The molecule has 0 bridgehead atoms. The molecule has 0 saturated heterocycles. The highest BCUT2D eigenvalue weighted by molar-refractivity contribution is 7.89. The van der Waals surface area contributed by atoms with Crippen molar-refractivity contribution in [1.29, 1.82) is 5.26 Å². The summed E-state index contributed by atoms with van der Waals surface area (Å²) < 4.78 is 69.4. The maximum atomic E-state index is 13.8. The molecule has 0 radical (unpaired) electrons. The molecule has 0 amide bonds. The standard InChI is InChI=1S/C13H9FN2O5S2/c14-10-6-8(4-5-9(10)7-15)13-11(22(16,17)18)2-1-3-12(13)23(19,20)21/h1-6H,(H2,16,17,18)(H,19,20,21). The van der Waals surface area contributed by atoms with Crippen molar-refractivity contribution in [2.75, 3.05) is 0 Å². The van der Waals surface area contributed by atoms with Crippen LogP contribution in [0.15, 0.2) is 46.2 Å². The fourth-order valence-electron chi connectivity index (χ4n) is 2.01. The second kappa shape index (κ2) is 5.71. The highest BCUT2D eigenvalue weighted by Gasteiger charge is 2.25. The first-order valence-corrected chi connectivity index (χ1v) is 8.87. The summed E-state index contributed by atoms with van der Waals surface area (Å²) in [5.41, 5.74) is -0.949. The number of nitrogens with zero attached hydrogens (tertiary/aromatic N) is 1. The van der Waals surface area contributed by atoms with Crippen LogP contribution in [0.4, 0.5) is 4.39 Å². The van der Waals surface area contributed by atoms with Crippen molar-refractivity contribution in [2.24, 2.45) is 5.14 Å². The molecular formula is C13H9FN2O5S2. The van der Waals surface area contributed by atoms with E-state index in [0.29, 0.717) is 0 Å². The average Bonchev–Trinajstić information content (AvgIpc) is 2.44. The first kappa shape index (κ1) is 17.0. The van der Waals surface area contributed by atoms with Crippen LogP contribution in [0.1, 0.15) is 5.56 Å². The van der Waals surface area contributed by atoms with E-state index in [4.69, 9.17) is 10.4 Å². The Morgan fingerprint density at radius 1 is 1.09 bits per heavy atom. The van der Waals surface area contributed by atoms with Gasteiger partial charge in [0.2, 0.25) is 10.0 Å². The van der Waals surface area contributed by atoms with Gasteiger partial charge in [0.15, 0.2) is 0 Å². The Hall–Kier alpha value is -2.32. The van der Waals surface area contributed by atoms with Gasteiger partial charge in [0.05, 0.1) is 10.5 Å². The fourth-order valence-corrected chi connectivity index (χ4v) is 3.59. The Balaban J connectivity index is 2.95. The molecule has 0 aliphatic rings. The number of nitrogens with two attached hydrogens (primary N) is 1. The minimum atomic E-state index is -4.80. The molecule has 2 aromatic carbocycles. The van der Waals surface area contributed by atoms with Crippen LogP contribution in [0, 0.1) is 17.1 Å². The minimum Gasteiger partial charge on any atom is -0.282 e. The zero-order valence-corrected chi connectivity index (χ0v) is 12.9. The summed E-state index contributed by atoms with van der Waals surface area (Å²) in [5, 5.41) is 13.8. The maximum absolute atomic E-state index is 13.8. The van der Waals surface area contributed by atoms with E-state index >= 15 is 0 Å². The molecular weight excluding hydrogens is 347 g/mol. The van der Waals surface area contributed by atoms with Gasteiger partial charge in [0.25, 0.3) is 10.1 Å². The average molecular weight is 356 g/mol. The second-order valence-electron chi connectivity index (χ2n) is 4.46. The third-order valence-corrected chi connectivity index (χ3v) is 4.80. The molecule has 2 aromatic rings. The SMILES string of the molecule is N#Cc1ccc(-c2c(S(N)(=O)=O)cccc2S(=O)(=O)O)cc1F. The topological polar surface area (TPSA) is 138 Å². The van der Waals surface area contributed by atoms with Gasteiger partial charge >= 0.3 is 0 Å². The van der Waals surface area contributed by atoms with Crippen LogP contribution in [0.5, 0.6) is 0 Å². The lowest BCUT2D eigenvalue weighted by Crippen LogP contribution is -2.15. The van der Waals surface area contributed by atoms with Crippen molar-refractivity contribution in [3.05, 3.63) is 47.8 Å². The minimum absolute atomic E-state index is 0.168. The fraction of sp³-hybridized carbons (Fsp3) is 0. The Kier molecular flexibility index (Phi) is 4.23. The first-order valence-electron chi connectivity index (χ1n) is 5.89. The number of rotatable bonds is 3. The van der Waals surface area contributed by atoms with E-state index in [1.807, 2.05) is 0 Å². The number of sulfonamides is 1. The smallest absolute Gasteiger partial charge is 0.282 e. The molecule has 0 unspecified atom stereocenters. The van der Waals surface area contributed by atoms with Crippen LogP contribution in [-0.4, -0.2) is 21.4 Å². The van der Waals surface area contributed by atoms with E-state index in [2.05, 4.69) is 0 Å². The molecule has 3 N–H and O–H groups in total. The molecule has 0 spiro atoms. The number of primary sulfonamides is 1. The summed E-state index contributed by atoms with van der Waals surface area (Å²) in [4.78, 5) is -1.34. The molecule has 7 nitrogen and oxygen atoms in total. The maximum Gasteiger partial charge on any atom is 0.295 e. The van der Waals surface area contributed by atoms with Crippen molar-refractivity contribution in [3.8, 4) is 17.2 Å². The molecule has 0 atom stereocenters. The van der Waals surface area contributed by atoms with E-state index in [1.165, 1.54) is 0 Å². The van der Waals surface area contributed by atoms with Gasteiger partial charge in [0.1, 0.15) is 16.8 Å². The van der Waals surface area contributed by atoms with Crippen LogP contribution in [-0.2, 0) is 20.1 Å². The summed E-state index contributed by atoms with van der Waals surface area (Å²) >= 11 is 0. The third-order valence-electron chi connectivity index (χ3n) is 2.95. The molecule has 10 heteroatoms. The van der Waals surface area contributed by atoms with Crippen LogP contribution < -0.4 is 5.14 Å². The monoisotopic (exact) mass is 356 g/mol. The van der Waals surface area contributed by atoms with Gasteiger partial charge in [-0.2, -0.15) is 13.7 Å². The van der Waals surface area contributed by atoms with Gasteiger partial charge in [-0.3, -0.25) is 4.55 Å². The molecule has 0 aliphatic carbocycles. The Bertz CT molecular complexity index is 990. The zero-order valence-electron chi connectivity index (χ0n) is 11.3. The highest BCUT2D eigenvalue weighted by Crippen LogP contribution is 2.34. The van der Waals surface area contributed by atoms with Gasteiger partial charge in [0, 0.05) is 5.56 Å². The van der Waals surface area contributed by atoms with Gasteiger partial charge < -0.3 is 0 Å². The number of hydrogen-bond acceptors (Lipinski definition) is 5. The predicted octanol–water partition coefficient (Wildman–Crippen LogP) is 1.26. The van der Waals surface area contributed by atoms with Crippen molar-refractivity contribution in [1.82, 2.24) is 0 Å². The molecule has 0 aromatic heterocycles. The lowest BCUT2D eigenvalue weighted by Gasteiger charge is -2.12.